The summed E-state index contributed by atoms with van der Waals surface area (Å²) in [5.74, 6) is -0.899. The molecule has 174 valence electrons. The van der Waals surface area contributed by atoms with Gasteiger partial charge in [-0.3, -0.25) is 24.0 Å². The Hall–Kier alpha value is -3.69. The van der Waals surface area contributed by atoms with E-state index < -0.39 is 17.5 Å². The van der Waals surface area contributed by atoms with E-state index in [0.717, 1.165) is 29.7 Å². The van der Waals surface area contributed by atoms with Gasteiger partial charge in [0.1, 0.15) is 18.6 Å². The summed E-state index contributed by atoms with van der Waals surface area (Å²) in [5.41, 5.74) is 0.586. The molecule has 2 N–H and O–H groups in total. The van der Waals surface area contributed by atoms with Crippen LogP contribution in [0.4, 0.5) is 10.5 Å². The van der Waals surface area contributed by atoms with Crippen LogP contribution in [0, 0.1) is 0 Å². The Balaban J connectivity index is 1.31. The van der Waals surface area contributed by atoms with E-state index >= 15 is 0 Å². The number of rotatable bonds is 7. The summed E-state index contributed by atoms with van der Waals surface area (Å²) < 4.78 is 1.52. The molecule has 1 saturated heterocycles. The summed E-state index contributed by atoms with van der Waals surface area (Å²) in [6.07, 6.45) is 7.45. The second-order valence-corrected chi connectivity index (χ2v) is 8.55. The van der Waals surface area contributed by atoms with E-state index in [0.29, 0.717) is 18.5 Å². The number of hydrogen-bond donors (Lipinski definition) is 2. The largest absolute Gasteiger partial charge is 0.350 e. The average molecular weight is 453 g/mol. The molecule has 2 heterocycles. The second kappa shape index (κ2) is 9.43. The summed E-state index contributed by atoms with van der Waals surface area (Å²) in [5, 5.41) is 9.56. The molecule has 0 atom stereocenters. The fraction of sp³-hybridized carbons (Fsp3) is 0.435. The number of nitrogens with zero attached hydrogens (tertiary/aromatic N) is 4. The van der Waals surface area contributed by atoms with Gasteiger partial charge in [-0.2, -0.15) is 5.10 Å². The molecule has 10 heteroatoms. The van der Waals surface area contributed by atoms with Crippen molar-refractivity contribution in [1.82, 2.24) is 24.9 Å². The lowest BCUT2D eigenvalue weighted by atomic mass is 9.81. The number of amides is 5. The maximum absolute atomic E-state index is 13.0. The lowest BCUT2D eigenvalue weighted by molar-refractivity contribution is -0.137. The van der Waals surface area contributed by atoms with E-state index in [1.807, 2.05) is 6.07 Å². The summed E-state index contributed by atoms with van der Waals surface area (Å²) in [6.45, 7) is 0.00471. The molecule has 33 heavy (non-hydrogen) atoms. The van der Waals surface area contributed by atoms with Gasteiger partial charge in [0.05, 0.1) is 0 Å². The first-order valence-electron chi connectivity index (χ1n) is 11.1. The standard InChI is InChI=1S/C23H28N6O4/c1-27-22(33)29(21(32)23(27)9-3-2-4-10-23)16-19(30)24-14-17-7-5-8-18(13-17)26-20(31)15-28-12-6-11-25-28/h5-8,11-13H,2-4,9-10,14-16H2,1H3,(H,24,30)(H,26,31). The van der Waals surface area contributed by atoms with Crippen LogP contribution in [0.1, 0.15) is 37.7 Å². The third-order valence-corrected chi connectivity index (χ3v) is 6.35. The molecular weight excluding hydrogens is 424 g/mol. The molecule has 2 aliphatic rings. The Morgan fingerprint density at radius 1 is 1.06 bits per heavy atom. The van der Waals surface area contributed by atoms with Crippen molar-refractivity contribution in [2.45, 2.75) is 50.7 Å². The number of imide groups is 1. The number of carbonyl (C=O) groups excluding carboxylic acids is 4. The zero-order valence-electron chi connectivity index (χ0n) is 18.6. The molecule has 10 nitrogen and oxygen atoms in total. The van der Waals surface area contributed by atoms with E-state index in [9.17, 15) is 19.2 Å². The van der Waals surface area contributed by atoms with Crippen LogP contribution in [-0.4, -0.2) is 62.5 Å². The van der Waals surface area contributed by atoms with Crippen LogP contribution >= 0.6 is 0 Å². The predicted molar refractivity (Wildman–Crippen MR) is 120 cm³/mol. The van der Waals surface area contributed by atoms with Crippen molar-refractivity contribution < 1.29 is 19.2 Å². The molecule has 0 unspecified atom stereocenters. The Labute approximate surface area is 191 Å². The van der Waals surface area contributed by atoms with Crippen LogP contribution < -0.4 is 10.6 Å². The smallest absolute Gasteiger partial charge is 0.327 e. The Morgan fingerprint density at radius 3 is 2.58 bits per heavy atom. The van der Waals surface area contributed by atoms with E-state index in [4.69, 9.17) is 0 Å². The number of anilines is 1. The number of benzene rings is 1. The number of likely N-dealkylation sites (N-methyl/N-ethyl adjacent to an activating group) is 1. The third-order valence-electron chi connectivity index (χ3n) is 6.35. The molecule has 0 radical (unpaired) electrons. The highest BCUT2D eigenvalue weighted by Gasteiger charge is 2.55. The van der Waals surface area contributed by atoms with Crippen LogP contribution in [0.2, 0.25) is 0 Å². The minimum Gasteiger partial charge on any atom is -0.350 e. The average Bonchev–Trinajstić information content (AvgIpc) is 3.37. The van der Waals surface area contributed by atoms with Gasteiger partial charge in [-0.1, -0.05) is 31.4 Å². The normalized spacial score (nSPS) is 17.5. The molecule has 1 spiro atoms. The van der Waals surface area contributed by atoms with Gasteiger partial charge in [0.2, 0.25) is 11.8 Å². The first kappa shape index (κ1) is 22.5. The van der Waals surface area contributed by atoms with Gasteiger partial charge in [0.25, 0.3) is 5.91 Å². The van der Waals surface area contributed by atoms with Crippen LogP contribution in [0.3, 0.4) is 0 Å². The fourth-order valence-corrected chi connectivity index (χ4v) is 4.57. The topological polar surface area (TPSA) is 117 Å². The highest BCUT2D eigenvalue weighted by atomic mass is 16.2. The number of hydrogen-bond acceptors (Lipinski definition) is 5. The maximum atomic E-state index is 13.0. The van der Waals surface area contributed by atoms with Gasteiger partial charge in [0.15, 0.2) is 0 Å². The molecule has 1 saturated carbocycles. The van der Waals surface area contributed by atoms with Crippen LogP contribution in [0.5, 0.6) is 0 Å². The molecule has 4 rings (SSSR count). The van der Waals surface area contributed by atoms with Gasteiger partial charge < -0.3 is 15.5 Å². The molecule has 1 aliphatic carbocycles. The summed E-state index contributed by atoms with van der Waals surface area (Å²) in [7, 11) is 1.65. The highest BCUT2D eigenvalue weighted by molar-refractivity contribution is 6.08. The zero-order chi connectivity index (χ0) is 23.4. The summed E-state index contributed by atoms with van der Waals surface area (Å²) >= 11 is 0. The van der Waals surface area contributed by atoms with Crippen molar-refractivity contribution in [3.8, 4) is 0 Å². The third kappa shape index (κ3) is 4.74. The summed E-state index contributed by atoms with van der Waals surface area (Å²) in [6, 6.07) is 8.44. The fourth-order valence-electron chi connectivity index (χ4n) is 4.57. The quantitative estimate of drug-likeness (QED) is 0.621. The van der Waals surface area contributed by atoms with E-state index in [1.54, 1.807) is 43.7 Å². The van der Waals surface area contributed by atoms with Crippen molar-refractivity contribution in [1.29, 1.82) is 0 Å². The first-order chi connectivity index (χ1) is 15.9. The number of carbonyl (C=O) groups is 4. The van der Waals surface area contributed by atoms with Crippen molar-refractivity contribution in [3.05, 3.63) is 48.3 Å². The minimum absolute atomic E-state index is 0.0990. The molecular formula is C23H28N6O4. The lowest BCUT2D eigenvalue weighted by Crippen LogP contribution is -2.49. The number of aromatic nitrogens is 2. The van der Waals surface area contributed by atoms with Crippen molar-refractivity contribution in [2.24, 2.45) is 0 Å². The minimum atomic E-state index is -0.793. The molecule has 0 bridgehead atoms. The zero-order valence-corrected chi connectivity index (χ0v) is 18.6. The first-order valence-corrected chi connectivity index (χ1v) is 11.1. The van der Waals surface area contributed by atoms with E-state index in [1.165, 1.54) is 9.58 Å². The Bertz CT molecular complexity index is 1040. The monoisotopic (exact) mass is 452 g/mol. The van der Waals surface area contributed by atoms with Gasteiger partial charge >= 0.3 is 6.03 Å². The van der Waals surface area contributed by atoms with Crippen LogP contribution in [-0.2, 0) is 27.5 Å². The van der Waals surface area contributed by atoms with Crippen molar-refractivity contribution >= 4 is 29.4 Å². The van der Waals surface area contributed by atoms with Gasteiger partial charge in [-0.05, 0) is 36.6 Å². The molecule has 1 aromatic heterocycles. The molecule has 1 aromatic carbocycles. The van der Waals surface area contributed by atoms with Crippen LogP contribution in [0.25, 0.3) is 0 Å². The van der Waals surface area contributed by atoms with Crippen molar-refractivity contribution in [3.63, 3.8) is 0 Å². The van der Waals surface area contributed by atoms with Gasteiger partial charge in [0, 0.05) is 31.7 Å². The van der Waals surface area contributed by atoms with Gasteiger partial charge in [-0.15, -0.1) is 0 Å². The highest BCUT2D eigenvalue weighted by Crippen LogP contribution is 2.39. The molecule has 1 aliphatic heterocycles. The molecule has 2 fully saturated rings. The lowest BCUT2D eigenvalue weighted by Gasteiger charge is -2.35. The van der Waals surface area contributed by atoms with E-state index in [2.05, 4.69) is 15.7 Å². The van der Waals surface area contributed by atoms with Gasteiger partial charge in [-0.25, -0.2) is 4.79 Å². The molecule has 2 aromatic rings. The predicted octanol–water partition coefficient (Wildman–Crippen LogP) is 1.73. The Kier molecular flexibility index (Phi) is 6.43. The van der Waals surface area contributed by atoms with E-state index in [-0.39, 0.29) is 31.4 Å². The number of nitrogens with one attached hydrogen (secondary N) is 2. The maximum Gasteiger partial charge on any atom is 0.327 e. The Morgan fingerprint density at radius 2 is 1.85 bits per heavy atom. The SMILES string of the molecule is CN1C(=O)N(CC(=O)NCc2cccc(NC(=O)Cn3cccn3)c2)C(=O)C12CCCCC2. The van der Waals surface area contributed by atoms with Crippen LogP contribution in [0.15, 0.2) is 42.7 Å². The number of urea groups is 1. The molecule has 5 amide bonds. The second-order valence-electron chi connectivity index (χ2n) is 8.55. The summed E-state index contributed by atoms with van der Waals surface area (Å²) in [4.78, 5) is 52.9. The van der Waals surface area contributed by atoms with Crippen molar-refractivity contribution in [2.75, 3.05) is 18.9 Å².